The summed E-state index contributed by atoms with van der Waals surface area (Å²) in [5.74, 6) is 0.383. The molecule has 27 heavy (non-hydrogen) atoms. The van der Waals surface area contributed by atoms with E-state index in [9.17, 15) is 9.59 Å². The molecule has 0 aliphatic carbocycles. The van der Waals surface area contributed by atoms with E-state index in [-0.39, 0.29) is 18.2 Å². The van der Waals surface area contributed by atoms with E-state index in [0.717, 1.165) is 22.6 Å². The van der Waals surface area contributed by atoms with Gasteiger partial charge in [0.1, 0.15) is 11.0 Å². The smallest absolute Gasteiger partial charge is 0.238 e. The van der Waals surface area contributed by atoms with E-state index in [2.05, 4.69) is 15.6 Å². The highest BCUT2D eigenvalue weighted by molar-refractivity contribution is 8.15. The van der Waals surface area contributed by atoms with Crippen LogP contribution in [0.3, 0.4) is 0 Å². The van der Waals surface area contributed by atoms with Crippen LogP contribution in [-0.2, 0) is 16.1 Å². The van der Waals surface area contributed by atoms with E-state index < -0.39 is 5.25 Å². The van der Waals surface area contributed by atoms with Crippen molar-refractivity contribution in [1.29, 1.82) is 0 Å². The number of thioether (sulfide) groups is 1. The SMILES string of the molecule is COc1ccc(CN=C2NC(=O)C[C@H](C(=O)Nc3ccccc3C)S2)cc1. The molecule has 1 saturated heterocycles. The standard InChI is InChI=1S/C20H21N3O3S/c1-13-5-3-4-6-16(13)22-19(25)17-11-18(24)23-20(27-17)21-12-14-7-9-15(26-2)10-8-14/h3-10,17H,11-12H2,1-2H3,(H,22,25)(H,21,23,24)/t17-/m1/s1. The van der Waals surface area contributed by atoms with Gasteiger partial charge in [-0.15, -0.1) is 0 Å². The number of para-hydroxylation sites is 1. The molecule has 6 nitrogen and oxygen atoms in total. The largest absolute Gasteiger partial charge is 0.497 e. The van der Waals surface area contributed by atoms with Gasteiger partial charge in [0.05, 0.1) is 13.7 Å². The summed E-state index contributed by atoms with van der Waals surface area (Å²) in [6.45, 7) is 2.34. The minimum absolute atomic E-state index is 0.129. The van der Waals surface area contributed by atoms with Crippen molar-refractivity contribution in [2.45, 2.75) is 25.1 Å². The van der Waals surface area contributed by atoms with E-state index in [4.69, 9.17) is 4.74 Å². The van der Waals surface area contributed by atoms with Crippen LogP contribution in [0.2, 0.25) is 0 Å². The predicted octanol–water partition coefficient (Wildman–Crippen LogP) is 3.12. The number of aryl methyl sites for hydroxylation is 1. The van der Waals surface area contributed by atoms with Gasteiger partial charge >= 0.3 is 0 Å². The number of amidine groups is 1. The van der Waals surface area contributed by atoms with E-state index in [1.807, 2.05) is 55.5 Å². The Morgan fingerprint density at radius 1 is 1.26 bits per heavy atom. The average molecular weight is 383 g/mol. The molecule has 0 spiro atoms. The molecule has 1 heterocycles. The first-order valence-corrected chi connectivity index (χ1v) is 9.43. The molecule has 140 valence electrons. The van der Waals surface area contributed by atoms with Crippen LogP contribution in [0.25, 0.3) is 0 Å². The van der Waals surface area contributed by atoms with Crippen molar-refractivity contribution in [3.8, 4) is 5.75 Å². The third kappa shape index (κ3) is 5.10. The van der Waals surface area contributed by atoms with Crippen molar-refractivity contribution in [2.24, 2.45) is 4.99 Å². The van der Waals surface area contributed by atoms with Crippen LogP contribution in [0.5, 0.6) is 5.75 Å². The lowest BCUT2D eigenvalue weighted by atomic mass is 10.2. The monoisotopic (exact) mass is 383 g/mol. The molecule has 2 amide bonds. The number of hydrogen-bond donors (Lipinski definition) is 2. The van der Waals surface area contributed by atoms with Crippen LogP contribution < -0.4 is 15.4 Å². The number of nitrogens with one attached hydrogen (secondary N) is 2. The third-order valence-corrected chi connectivity index (χ3v) is 5.25. The lowest BCUT2D eigenvalue weighted by molar-refractivity contribution is -0.123. The fraction of sp³-hybridized carbons (Fsp3) is 0.250. The zero-order valence-corrected chi connectivity index (χ0v) is 16.0. The second kappa shape index (κ2) is 8.73. The number of anilines is 1. The number of aliphatic imine (C=N–C) groups is 1. The minimum Gasteiger partial charge on any atom is -0.497 e. The Morgan fingerprint density at radius 3 is 2.70 bits per heavy atom. The minimum atomic E-state index is -0.507. The summed E-state index contributed by atoms with van der Waals surface area (Å²) in [4.78, 5) is 29.0. The lowest BCUT2D eigenvalue weighted by Crippen LogP contribution is -2.42. The van der Waals surface area contributed by atoms with E-state index in [0.29, 0.717) is 11.7 Å². The highest BCUT2D eigenvalue weighted by Crippen LogP contribution is 2.24. The number of benzene rings is 2. The number of rotatable bonds is 5. The van der Waals surface area contributed by atoms with Crippen LogP contribution in [0, 0.1) is 6.92 Å². The van der Waals surface area contributed by atoms with Gasteiger partial charge in [-0.25, -0.2) is 0 Å². The maximum Gasteiger partial charge on any atom is 0.238 e. The normalized spacial score (nSPS) is 18.1. The zero-order valence-electron chi connectivity index (χ0n) is 15.2. The first-order chi connectivity index (χ1) is 13.0. The molecular weight excluding hydrogens is 362 g/mol. The Balaban J connectivity index is 1.65. The van der Waals surface area contributed by atoms with Crippen molar-refractivity contribution in [3.63, 3.8) is 0 Å². The molecule has 2 aromatic carbocycles. The molecule has 1 fully saturated rings. The van der Waals surface area contributed by atoms with Crippen molar-refractivity contribution in [2.75, 3.05) is 12.4 Å². The van der Waals surface area contributed by atoms with Crippen molar-refractivity contribution in [3.05, 3.63) is 59.7 Å². The molecule has 0 aromatic heterocycles. The van der Waals surface area contributed by atoms with Gasteiger partial charge in [0.15, 0.2) is 5.17 Å². The highest BCUT2D eigenvalue weighted by Gasteiger charge is 2.30. The van der Waals surface area contributed by atoms with Crippen molar-refractivity contribution >= 4 is 34.4 Å². The van der Waals surface area contributed by atoms with Gasteiger partial charge in [-0.2, -0.15) is 0 Å². The van der Waals surface area contributed by atoms with Crippen LogP contribution in [-0.4, -0.2) is 29.3 Å². The van der Waals surface area contributed by atoms with Gasteiger partial charge in [0.25, 0.3) is 0 Å². The van der Waals surface area contributed by atoms with Gasteiger partial charge < -0.3 is 15.4 Å². The van der Waals surface area contributed by atoms with Gasteiger partial charge in [-0.3, -0.25) is 14.6 Å². The maximum atomic E-state index is 12.6. The molecule has 0 unspecified atom stereocenters. The van der Waals surface area contributed by atoms with Gasteiger partial charge in [-0.1, -0.05) is 42.1 Å². The second-order valence-electron chi connectivity index (χ2n) is 6.13. The van der Waals surface area contributed by atoms with E-state index in [1.54, 1.807) is 7.11 Å². The van der Waals surface area contributed by atoms with Crippen LogP contribution in [0.4, 0.5) is 5.69 Å². The molecule has 1 aliphatic rings. The number of carbonyl (C=O) groups is 2. The molecule has 0 radical (unpaired) electrons. The molecule has 2 N–H and O–H groups in total. The number of nitrogens with zero attached hydrogens (tertiary/aromatic N) is 1. The first-order valence-electron chi connectivity index (χ1n) is 8.55. The molecule has 0 saturated carbocycles. The quantitative estimate of drug-likeness (QED) is 0.831. The lowest BCUT2D eigenvalue weighted by Gasteiger charge is -2.22. The maximum absolute atomic E-state index is 12.6. The van der Waals surface area contributed by atoms with Gasteiger partial charge in [0, 0.05) is 12.1 Å². The fourth-order valence-electron chi connectivity index (χ4n) is 2.59. The van der Waals surface area contributed by atoms with Gasteiger partial charge in [0.2, 0.25) is 11.8 Å². The fourth-order valence-corrected chi connectivity index (χ4v) is 3.57. The zero-order chi connectivity index (χ0) is 19.2. The number of hydrogen-bond acceptors (Lipinski definition) is 5. The number of carbonyl (C=O) groups excluding carboxylic acids is 2. The Kier molecular flexibility index (Phi) is 6.13. The molecule has 7 heteroatoms. The molecular formula is C20H21N3O3S. The van der Waals surface area contributed by atoms with E-state index >= 15 is 0 Å². The number of methoxy groups -OCH3 is 1. The van der Waals surface area contributed by atoms with Gasteiger partial charge in [-0.05, 0) is 36.2 Å². The third-order valence-electron chi connectivity index (χ3n) is 4.13. The molecule has 3 rings (SSSR count). The van der Waals surface area contributed by atoms with Crippen LogP contribution in [0.15, 0.2) is 53.5 Å². The number of amides is 2. The molecule has 2 aromatic rings. The summed E-state index contributed by atoms with van der Waals surface area (Å²) >= 11 is 1.28. The molecule has 1 atom stereocenters. The summed E-state index contributed by atoms with van der Waals surface area (Å²) in [6.07, 6.45) is 0.129. The Hall–Kier alpha value is -2.80. The van der Waals surface area contributed by atoms with Crippen LogP contribution in [0.1, 0.15) is 17.5 Å². The molecule has 0 bridgehead atoms. The van der Waals surface area contributed by atoms with E-state index in [1.165, 1.54) is 11.8 Å². The summed E-state index contributed by atoms with van der Waals surface area (Å²) in [5.41, 5.74) is 2.72. The van der Waals surface area contributed by atoms with Crippen LogP contribution >= 0.6 is 11.8 Å². The summed E-state index contributed by atoms with van der Waals surface area (Å²) < 4.78 is 5.13. The topological polar surface area (TPSA) is 79.8 Å². The van der Waals surface area contributed by atoms with Crippen molar-refractivity contribution in [1.82, 2.24) is 5.32 Å². The number of ether oxygens (including phenoxy) is 1. The summed E-state index contributed by atoms with van der Waals surface area (Å²) in [7, 11) is 1.62. The summed E-state index contributed by atoms with van der Waals surface area (Å²) in [6, 6.07) is 15.1. The Labute approximate surface area is 162 Å². The first kappa shape index (κ1) is 19.0. The predicted molar refractivity (Wildman–Crippen MR) is 108 cm³/mol. The Bertz CT molecular complexity index is 865. The Morgan fingerprint density at radius 2 is 2.00 bits per heavy atom. The highest BCUT2D eigenvalue weighted by atomic mass is 32.2. The molecule has 1 aliphatic heterocycles. The average Bonchev–Trinajstić information content (AvgIpc) is 2.68. The second-order valence-corrected chi connectivity index (χ2v) is 7.32. The van der Waals surface area contributed by atoms with Crippen molar-refractivity contribution < 1.29 is 14.3 Å². The summed E-state index contributed by atoms with van der Waals surface area (Å²) in [5, 5.41) is 5.60.